The highest BCUT2D eigenvalue weighted by molar-refractivity contribution is 7.99. The maximum absolute atomic E-state index is 5.53. The highest BCUT2D eigenvalue weighted by Crippen LogP contribution is 2.46. The third-order valence-electron chi connectivity index (χ3n) is 4.88. The van der Waals surface area contributed by atoms with Crippen LogP contribution in [0, 0.1) is 0 Å². The van der Waals surface area contributed by atoms with Gasteiger partial charge in [0.15, 0.2) is 11.5 Å². The summed E-state index contributed by atoms with van der Waals surface area (Å²) in [6, 6.07) is 20.3. The number of ether oxygens (including phenoxy) is 4. The summed E-state index contributed by atoms with van der Waals surface area (Å²) in [6.45, 7) is 0. The molecule has 0 aliphatic heterocycles. The number of aromatic amines is 1. The molecular formula is C24H23NO4S. The van der Waals surface area contributed by atoms with Gasteiger partial charge in [0, 0.05) is 20.7 Å². The first kappa shape index (κ1) is 20.0. The molecule has 0 saturated carbocycles. The topological polar surface area (TPSA) is 52.7 Å². The van der Waals surface area contributed by atoms with E-state index in [1.165, 1.54) is 0 Å². The van der Waals surface area contributed by atoms with Crippen molar-refractivity contribution in [3.63, 3.8) is 0 Å². The second kappa shape index (κ2) is 8.63. The van der Waals surface area contributed by atoms with Crippen molar-refractivity contribution in [1.29, 1.82) is 0 Å². The van der Waals surface area contributed by atoms with Gasteiger partial charge in [0.25, 0.3) is 0 Å². The minimum atomic E-state index is 0.577. The Morgan fingerprint density at radius 1 is 0.733 bits per heavy atom. The zero-order valence-electron chi connectivity index (χ0n) is 17.3. The lowest BCUT2D eigenvalue weighted by Crippen LogP contribution is -1.95. The molecule has 0 aliphatic rings. The Morgan fingerprint density at radius 3 is 2.03 bits per heavy atom. The number of nitrogens with one attached hydrogen (secondary N) is 1. The number of rotatable bonds is 7. The van der Waals surface area contributed by atoms with Crippen LogP contribution in [0.25, 0.3) is 22.2 Å². The summed E-state index contributed by atoms with van der Waals surface area (Å²) < 4.78 is 22.0. The van der Waals surface area contributed by atoms with E-state index in [1.54, 1.807) is 40.2 Å². The molecule has 154 valence electrons. The third kappa shape index (κ3) is 3.66. The van der Waals surface area contributed by atoms with E-state index in [4.69, 9.17) is 18.9 Å². The summed E-state index contributed by atoms with van der Waals surface area (Å²) in [5.41, 5.74) is 3.21. The van der Waals surface area contributed by atoms with Crippen molar-refractivity contribution in [2.24, 2.45) is 0 Å². The van der Waals surface area contributed by atoms with Crippen molar-refractivity contribution in [1.82, 2.24) is 4.98 Å². The maximum Gasteiger partial charge on any atom is 0.203 e. The van der Waals surface area contributed by atoms with Crippen molar-refractivity contribution in [3.8, 4) is 34.3 Å². The Kier molecular flexibility index (Phi) is 5.77. The van der Waals surface area contributed by atoms with Gasteiger partial charge in [0.2, 0.25) is 5.75 Å². The molecule has 4 aromatic rings. The first-order chi connectivity index (χ1) is 14.7. The number of hydrogen-bond acceptors (Lipinski definition) is 5. The number of benzene rings is 3. The lowest BCUT2D eigenvalue weighted by Gasteiger charge is -2.14. The smallest absolute Gasteiger partial charge is 0.203 e. The van der Waals surface area contributed by atoms with Gasteiger partial charge >= 0.3 is 0 Å². The predicted octanol–water partition coefficient (Wildman–Crippen LogP) is 6.02. The number of aromatic nitrogens is 1. The number of hydrogen-bond donors (Lipinski definition) is 1. The van der Waals surface area contributed by atoms with Crippen molar-refractivity contribution >= 4 is 22.7 Å². The molecule has 0 radical (unpaired) electrons. The van der Waals surface area contributed by atoms with E-state index in [1.807, 2.05) is 42.5 Å². The van der Waals surface area contributed by atoms with Crippen molar-refractivity contribution in [3.05, 3.63) is 60.7 Å². The summed E-state index contributed by atoms with van der Waals surface area (Å²) in [4.78, 5) is 5.65. The van der Waals surface area contributed by atoms with Gasteiger partial charge in [0.05, 0.1) is 34.1 Å². The molecule has 1 aromatic heterocycles. The van der Waals surface area contributed by atoms with Gasteiger partial charge in [0.1, 0.15) is 5.75 Å². The van der Waals surface area contributed by atoms with Crippen LogP contribution in [-0.2, 0) is 0 Å². The maximum atomic E-state index is 5.53. The Hall–Kier alpha value is -3.25. The summed E-state index contributed by atoms with van der Waals surface area (Å²) in [6.07, 6.45) is 0. The molecular weight excluding hydrogens is 398 g/mol. The summed E-state index contributed by atoms with van der Waals surface area (Å²) >= 11 is 1.64. The molecule has 5 nitrogen and oxygen atoms in total. The molecule has 3 aromatic carbocycles. The lowest BCUT2D eigenvalue weighted by molar-refractivity contribution is 0.323. The quantitative estimate of drug-likeness (QED) is 0.395. The number of methoxy groups -OCH3 is 4. The minimum Gasteiger partial charge on any atom is -0.497 e. The Balaban J connectivity index is 1.89. The minimum absolute atomic E-state index is 0.577. The van der Waals surface area contributed by atoms with E-state index >= 15 is 0 Å². The summed E-state index contributed by atoms with van der Waals surface area (Å²) in [5, 5.41) is 1.09. The molecule has 0 amide bonds. The van der Waals surface area contributed by atoms with E-state index in [2.05, 4.69) is 23.2 Å². The Labute approximate surface area is 179 Å². The fourth-order valence-corrected chi connectivity index (χ4v) is 4.54. The van der Waals surface area contributed by atoms with Gasteiger partial charge in [-0.25, -0.2) is 0 Å². The molecule has 0 saturated heterocycles. The van der Waals surface area contributed by atoms with E-state index in [0.717, 1.165) is 37.7 Å². The van der Waals surface area contributed by atoms with Crippen LogP contribution in [0.1, 0.15) is 0 Å². The van der Waals surface area contributed by atoms with Crippen molar-refractivity contribution < 1.29 is 18.9 Å². The average molecular weight is 422 g/mol. The molecule has 0 unspecified atom stereocenters. The molecule has 0 fully saturated rings. The van der Waals surface area contributed by atoms with Crippen LogP contribution < -0.4 is 18.9 Å². The van der Waals surface area contributed by atoms with Gasteiger partial charge in [-0.05, 0) is 35.9 Å². The second-order valence-electron chi connectivity index (χ2n) is 6.57. The van der Waals surface area contributed by atoms with Crippen LogP contribution in [0.2, 0.25) is 0 Å². The zero-order valence-corrected chi connectivity index (χ0v) is 18.1. The standard InChI is InChI=1S/C24H23NO4S/c1-26-16-10-11-19-18(12-16)24(22(25-19)15-8-6-5-7-9-15)30-17-13-20(27-2)23(29-4)21(14-17)28-3/h5-14,25H,1-4H3. The fraction of sp³-hybridized carbons (Fsp3) is 0.167. The first-order valence-electron chi connectivity index (χ1n) is 9.41. The largest absolute Gasteiger partial charge is 0.497 e. The first-order valence-corrected chi connectivity index (χ1v) is 10.2. The van der Waals surface area contributed by atoms with Gasteiger partial charge in [-0.15, -0.1) is 0 Å². The second-order valence-corrected chi connectivity index (χ2v) is 7.65. The molecule has 4 rings (SSSR count). The fourth-order valence-electron chi connectivity index (χ4n) is 3.42. The van der Waals surface area contributed by atoms with Gasteiger partial charge in [-0.3, -0.25) is 0 Å². The van der Waals surface area contributed by atoms with Gasteiger partial charge < -0.3 is 23.9 Å². The molecule has 0 aliphatic carbocycles. The van der Waals surface area contributed by atoms with Crippen LogP contribution in [-0.4, -0.2) is 33.4 Å². The van der Waals surface area contributed by atoms with Crippen LogP contribution in [0.3, 0.4) is 0 Å². The predicted molar refractivity (Wildman–Crippen MR) is 121 cm³/mol. The molecule has 0 atom stereocenters. The highest BCUT2D eigenvalue weighted by Gasteiger charge is 2.19. The lowest BCUT2D eigenvalue weighted by atomic mass is 10.1. The molecule has 0 bridgehead atoms. The highest BCUT2D eigenvalue weighted by atomic mass is 32.2. The van der Waals surface area contributed by atoms with Crippen LogP contribution in [0.5, 0.6) is 23.0 Å². The van der Waals surface area contributed by atoms with E-state index in [0.29, 0.717) is 17.2 Å². The van der Waals surface area contributed by atoms with Crippen LogP contribution in [0.15, 0.2) is 70.5 Å². The zero-order chi connectivity index (χ0) is 21.1. The molecule has 0 spiro atoms. The molecule has 1 heterocycles. The van der Waals surface area contributed by atoms with E-state index in [-0.39, 0.29) is 0 Å². The Morgan fingerprint density at radius 2 is 1.43 bits per heavy atom. The van der Waals surface area contributed by atoms with Crippen LogP contribution >= 0.6 is 11.8 Å². The number of H-pyrrole nitrogens is 1. The number of fused-ring (bicyclic) bond motifs is 1. The van der Waals surface area contributed by atoms with Gasteiger partial charge in [-0.1, -0.05) is 42.1 Å². The summed E-state index contributed by atoms with van der Waals surface area (Å²) in [7, 11) is 6.53. The average Bonchev–Trinajstić information content (AvgIpc) is 3.16. The molecule has 30 heavy (non-hydrogen) atoms. The Bertz CT molecular complexity index is 1150. The van der Waals surface area contributed by atoms with E-state index in [9.17, 15) is 0 Å². The van der Waals surface area contributed by atoms with Gasteiger partial charge in [-0.2, -0.15) is 0 Å². The molecule has 1 N–H and O–H groups in total. The normalized spacial score (nSPS) is 10.8. The SMILES string of the molecule is COc1ccc2[nH]c(-c3ccccc3)c(Sc3cc(OC)c(OC)c(OC)c3)c2c1. The van der Waals surface area contributed by atoms with Crippen LogP contribution in [0.4, 0.5) is 0 Å². The molecule has 6 heteroatoms. The summed E-state index contributed by atoms with van der Waals surface area (Å²) in [5.74, 6) is 2.64. The third-order valence-corrected chi connectivity index (χ3v) is 5.98. The monoisotopic (exact) mass is 421 g/mol. The van der Waals surface area contributed by atoms with Crippen molar-refractivity contribution in [2.75, 3.05) is 28.4 Å². The van der Waals surface area contributed by atoms with Crippen molar-refractivity contribution in [2.45, 2.75) is 9.79 Å². The van der Waals surface area contributed by atoms with E-state index < -0.39 is 0 Å².